The maximum absolute atomic E-state index is 12.3. The van der Waals surface area contributed by atoms with E-state index in [0.29, 0.717) is 12.6 Å². The molecule has 1 aliphatic heterocycles. The predicted molar refractivity (Wildman–Crippen MR) is 104 cm³/mol. The fraction of sp³-hybridized carbons (Fsp3) is 0.650. The molecule has 0 bridgehead atoms. The van der Waals surface area contributed by atoms with Crippen molar-refractivity contribution in [3.63, 3.8) is 0 Å². The summed E-state index contributed by atoms with van der Waals surface area (Å²) in [5.74, 6) is 0.00569. The minimum Gasteiger partial charge on any atom is -0.396 e. The lowest BCUT2D eigenvalue weighted by Gasteiger charge is -2.38. The number of hydrogen-bond acceptors (Lipinski definition) is 4. The number of carbonyl (C=O) groups is 1. The van der Waals surface area contributed by atoms with Crippen LogP contribution in [-0.2, 0) is 4.79 Å². The summed E-state index contributed by atoms with van der Waals surface area (Å²) < 4.78 is 0. The molecule has 1 aliphatic rings. The van der Waals surface area contributed by atoms with Gasteiger partial charge in [0.25, 0.3) is 0 Å². The Morgan fingerprint density at radius 2 is 2.04 bits per heavy atom. The number of benzene rings is 1. The van der Waals surface area contributed by atoms with Crippen molar-refractivity contribution < 1.29 is 9.90 Å². The van der Waals surface area contributed by atoms with E-state index in [0.717, 1.165) is 38.2 Å². The van der Waals surface area contributed by atoms with Crippen LogP contribution in [0.15, 0.2) is 24.3 Å². The molecule has 1 unspecified atom stereocenters. The summed E-state index contributed by atoms with van der Waals surface area (Å²) in [7, 11) is 0. The Morgan fingerprint density at radius 1 is 1.36 bits per heavy atom. The van der Waals surface area contributed by atoms with E-state index >= 15 is 0 Å². The summed E-state index contributed by atoms with van der Waals surface area (Å²) in [6.45, 7) is 11.8. The number of amides is 1. The second-order valence-corrected chi connectivity index (χ2v) is 7.76. The van der Waals surface area contributed by atoms with Crippen LogP contribution in [0.4, 0.5) is 11.4 Å². The normalized spacial score (nSPS) is 21.4. The van der Waals surface area contributed by atoms with Gasteiger partial charge < -0.3 is 15.3 Å². The molecule has 5 nitrogen and oxygen atoms in total. The summed E-state index contributed by atoms with van der Waals surface area (Å²) in [6, 6.07) is 8.50. The Hall–Kier alpha value is -1.59. The second-order valence-electron chi connectivity index (χ2n) is 7.76. The molecule has 1 aromatic carbocycles. The number of aliphatic hydroxyl groups excluding tert-OH is 1. The first kappa shape index (κ1) is 19.7. The molecule has 0 radical (unpaired) electrons. The van der Waals surface area contributed by atoms with Crippen LogP contribution in [-0.4, -0.2) is 54.7 Å². The van der Waals surface area contributed by atoms with Crippen molar-refractivity contribution in [3.05, 3.63) is 24.3 Å². The zero-order valence-electron chi connectivity index (χ0n) is 16.1. The molecule has 0 saturated carbocycles. The minimum atomic E-state index is -0.0827. The highest BCUT2D eigenvalue weighted by Gasteiger charge is 2.30. The van der Waals surface area contributed by atoms with Gasteiger partial charge in [0.1, 0.15) is 0 Å². The lowest BCUT2D eigenvalue weighted by Crippen LogP contribution is -2.46. The van der Waals surface area contributed by atoms with Gasteiger partial charge in [-0.25, -0.2) is 0 Å². The van der Waals surface area contributed by atoms with Gasteiger partial charge in [-0.1, -0.05) is 6.92 Å². The molecule has 140 valence electrons. The van der Waals surface area contributed by atoms with Gasteiger partial charge in [0, 0.05) is 42.5 Å². The number of hydrogen-bond donors (Lipinski definition) is 2. The van der Waals surface area contributed by atoms with Crippen LogP contribution < -0.4 is 10.2 Å². The molecular formula is C20H33N3O2. The highest BCUT2D eigenvalue weighted by atomic mass is 16.3. The molecule has 0 aromatic heterocycles. The van der Waals surface area contributed by atoms with Crippen LogP contribution >= 0.6 is 0 Å². The average Bonchev–Trinajstić information content (AvgIpc) is 2.57. The third-order valence-electron chi connectivity index (χ3n) is 5.06. The van der Waals surface area contributed by atoms with E-state index in [9.17, 15) is 9.90 Å². The van der Waals surface area contributed by atoms with E-state index in [-0.39, 0.29) is 17.9 Å². The summed E-state index contributed by atoms with van der Waals surface area (Å²) in [5, 5.41) is 12.5. The summed E-state index contributed by atoms with van der Waals surface area (Å²) in [6.07, 6.45) is 2.05. The Kier molecular flexibility index (Phi) is 6.85. The van der Waals surface area contributed by atoms with Gasteiger partial charge in [0.15, 0.2) is 0 Å². The molecule has 5 heteroatoms. The lowest BCUT2D eigenvalue weighted by molar-refractivity contribution is -0.118. The van der Waals surface area contributed by atoms with E-state index in [1.807, 2.05) is 12.1 Å². The number of nitrogens with one attached hydrogen (secondary N) is 1. The number of piperidine rings is 1. The van der Waals surface area contributed by atoms with Crippen LogP contribution in [0.25, 0.3) is 0 Å². The molecule has 1 atom stereocenters. The molecule has 2 N–H and O–H groups in total. The number of rotatable bonds is 7. The quantitative estimate of drug-likeness (QED) is 0.796. The van der Waals surface area contributed by atoms with Crippen molar-refractivity contribution in [1.29, 1.82) is 0 Å². The van der Waals surface area contributed by atoms with Gasteiger partial charge in [0.05, 0.1) is 6.54 Å². The molecule has 2 rings (SSSR count). The topological polar surface area (TPSA) is 55.8 Å². The first-order valence-corrected chi connectivity index (χ1v) is 9.36. The van der Waals surface area contributed by atoms with E-state index in [4.69, 9.17) is 0 Å². The van der Waals surface area contributed by atoms with Crippen molar-refractivity contribution in [1.82, 2.24) is 4.90 Å². The molecule has 0 spiro atoms. The van der Waals surface area contributed by atoms with E-state index in [1.54, 1.807) is 0 Å². The largest absolute Gasteiger partial charge is 0.396 e. The molecule has 0 aliphatic carbocycles. The fourth-order valence-corrected chi connectivity index (χ4v) is 3.68. The number of likely N-dealkylation sites (tertiary alicyclic amines) is 1. The van der Waals surface area contributed by atoms with Crippen molar-refractivity contribution in [2.75, 3.05) is 43.0 Å². The van der Waals surface area contributed by atoms with Crippen molar-refractivity contribution in [2.45, 2.75) is 46.6 Å². The highest BCUT2D eigenvalue weighted by Crippen LogP contribution is 2.28. The lowest BCUT2D eigenvalue weighted by atomic mass is 9.83. The second kappa shape index (κ2) is 8.68. The van der Waals surface area contributed by atoms with Crippen LogP contribution in [0.3, 0.4) is 0 Å². The zero-order chi connectivity index (χ0) is 18.4. The molecule has 1 saturated heterocycles. The Balaban J connectivity index is 1.90. The zero-order valence-corrected chi connectivity index (χ0v) is 16.1. The maximum atomic E-state index is 12.3. The predicted octanol–water partition coefficient (Wildman–Crippen LogP) is 2.95. The van der Waals surface area contributed by atoms with Crippen molar-refractivity contribution in [2.24, 2.45) is 5.41 Å². The van der Waals surface area contributed by atoms with Gasteiger partial charge in [-0.2, -0.15) is 0 Å². The summed E-state index contributed by atoms with van der Waals surface area (Å²) >= 11 is 0. The smallest absolute Gasteiger partial charge is 0.238 e. The standard InChI is InChI=1S/C20H33N3O2/c1-5-23(16(2)3)18-9-7-17(8-10-18)21-19(25)13-22-12-6-11-20(4,14-22)15-24/h7-10,16,24H,5-6,11-15H2,1-4H3,(H,21,25). The average molecular weight is 348 g/mol. The van der Waals surface area contributed by atoms with Crippen LogP contribution in [0, 0.1) is 5.41 Å². The van der Waals surface area contributed by atoms with E-state index < -0.39 is 0 Å². The molecule has 25 heavy (non-hydrogen) atoms. The van der Waals surface area contributed by atoms with Crippen molar-refractivity contribution >= 4 is 17.3 Å². The van der Waals surface area contributed by atoms with Gasteiger partial charge in [0.2, 0.25) is 5.91 Å². The van der Waals surface area contributed by atoms with E-state index in [2.05, 4.69) is 54.9 Å². The SMILES string of the molecule is CCN(c1ccc(NC(=O)CN2CCCC(C)(CO)C2)cc1)C(C)C. The van der Waals surface area contributed by atoms with Crippen molar-refractivity contribution in [3.8, 4) is 0 Å². The number of carbonyl (C=O) groups excluding carboxylic acids is 1. The Labute approximate surface area is 152 Å². The third kappa shape index (κ3) is 5.44. The van der Waals surface area contributed by atoms with Crippen LogP contribution in [0.5, 0.6) is 0 Å². The number of aliphatic hydroxyl groups is 1. The summed E-state index contributed by atoms with van der Waals surface area (Å²) in [4.78, 5) is 16.8. The maximum Gasteiger partial charge on any atom is 0.238 e. The van der Waals surface area contributed by atoms with Gasteiger partial charge in [-0.15, -0.1) is 0 Å². The molecule has 1 amide bonds. The first-order chi connectivity index (χ1) is 11.9. The molecule has 1 fully saturated rings. The first-order valence-electron chi connectivity index (χ1n) is 9.36. The molecular weight excluding hydrogens is 314 g/mol. The molecule has 1 heterocycles. The van der Waals surface area contributed by atoms with Crippen LogP contribution in [0.2, 0.25) is 0 Å². The Bertz CT molecular complexity index is 559. The third-order valence-corrected chi connectivity index (χ3v) is 5.06. The number of anilines is 2. The summed E-state index contributed by atoms with van der Waals surface area (Å²) in [5.41, 5.74) is 1.92. The number of nitrogens with zero attached hydrogens (tertiary/aromatic N) is 2. The van der Waals surface area contributed by atoms with Crippen LogP contribution in [0.1, 0.15) is 40.5 Å². The fourth-order valence-electron chi connectivity index (χ4n) is 3.68. The molecule has 1 aromatic rings. The van der Waals surface area contributed by atoms with Gasteiger partial charge in [-0.3, -0.25) is 9.69 Å². The highest BCUT2D eigenvalue weighted by molar-refractivity contribution is 5.92. The monoisotopic (exact) mass is 347 g/mol. The van der Waals surface area contributed by atoms with Gasteiger partial charge >= 0.3 is 0 Å². The minimum absolute atomic E-state index is 0.00569. The van der Waals surface area contributed by atoms with E-state index in [1.165, 1.54) is 5.69 Å². The Morgan fingerprint density at radius 3 is 2.60 bits per heavy atom. The van der Waals surface area contributed by atoms with Gasteiger partial charge in [-0.05, 0) is 64.4 Å².